The minimum Gasteiger partial charge on any atom is -0.378 e. The van der Waals surface area contributed by atoms with Crippen molar-refractivity contribution in [3.8, 4) is 0 Å². The summed E-state index contributed by atoms with van der Waals surface area (Å²) in [7, 11) is 0.957. The van der Waals surface area contributed by atoms with Crippen LogP contribution in [0.5, 0.6) is 0 Å². The van der Waals surface area contributed by atoms with Gasteiger partial charge in [-0.2, -0.15) is 0 Å². The SMILES string of the molecule is O=C(SS)N1CCOCC1. The number of carbonyl (C=O) groups excluding carboxylic acids is 1. The molecule has 0 N–H and O–H groups in total. The third kappa shape index (κ3) is 2.07. The Hall–Kier alpha value is 0.130. The van der Waals surface area contributed by atoms with Crippen molar-refractivity contribution in [2.24, 2.45) is 0 Å². The lowest BCUT2D eigenvalue weighted by molar-refractivity contribution is 0.0593. The molecule has 58 valence electrons. The van der Waals surface area contributed by atoms with Crippen LogP contribution in [0.3, 0.4) is 0 Å². The first-order valence-corrected chi connectivity index (χ1v) is 4.89. The van der Waals surface area contributed by atoms with E-state index in [1.807, 2.05) is 0 Å². The Morgan fingerprint density at radius 1 is 1.50 bits per heavy atom. The maximum atomic E-state index is 10.9. The molecule has 1 aliphatic heterocycles. The predicted molar refractivity (Wildman–Crippen MR) is 44.4 cm³/mol. The zero-order chi connectivity index (χ0) is 7.40. The maximum Gasteiger partial charge on any atom is 0.292 e. The van der Waals surface area contributed by atoms with Gasteiger partial charge in [0.2, 0.25) is 0 Å². The summed E-state index contributed by atoms with van der Waals surface area (Å²) in [4.78, 5) is 12.7. The van der Waals surface area contributed by atoms with Crippen molar-refractivity contribution in [3.05, 3.63) is 0 Å². The third-order valence-electron chi connectivity index (χ3n) is 1.35. The summed E-state index contributed by atoms with van der Waals surface area (Å²) in [6, 6.07) is 0. The van der Waals surface area contributed by atoms with Crippen LogP contribution < -0.4 is 0 Å². The van der Waals surface area contributed by atoms with Gasteiger partial charge in [0.25, 0.3) is 5.24 Å². The summed E-state index contributed by atoms with van der Waals surface area (Å²) in [5, 5.41) is 0.0200. The zero-order valence-corrected chi connectivity index (χ0v) is 7.16. The van der Waals surface area contributed by atoms with Gasteiger partial charge in [-0.25, -0.2) is 0 Å². The molecular weight excluding hydrogens is 170 g/mol. The first-order valence-electron chi connectivity index (χ1n) is 3.02. The number of morpholine rings is 1. The largest absolute Gasteiger partial charge is 0.378 e. The van der Waals surface area contributed by atoms with E-state index in [1.165, 1.54) is 0 Å². The van der Waals surface area contributed by atoms with Crippen LogP contribution in [0.4, 0.5) is 4.79 Å². The Morgan fingerprint density at radius 2 is 2.10 bits per heavy atom. The lowest BCUT2D eigenvalue weighted by atomic mass is 10.5. The normalized spacial score (nSPS) is 19.1. The average molecular weight is 179 g/mol. The molecule has 0 radical (unpaired) electrons. The minimum absolute atomic E-state index is 0.0200. The molecule has 1 heterocycles. The minimum atomic E-state index is 0.0200. The second-order valence-electron chi connectivity index (χ2n) is 1.96. The first kappa shape index (κ1) is 8.23. The van der Waals surface area contributed by atoms with E-state index in [4.69, 9.17) is 4.74 Å². The summed E-state index contributed by atoms with van der Waals surface area (Å²) < 4.78 is 5.07. The first-order chi connectivity index (χ1) is 4.84. The van der Waals surface area contributed by atoms with Gasteiger partial charge in [0.05, 0.1) is 13.2 Å². The Labute approximate surface area is 68.9 Å². The van der Waals surface area contributed by atoms with Gasteiger partial charge in [-0.15, -0.1) is 11.7 Å². The Balaban J connectivity index is 2.31. The Bertz CT molecular complexity index is 125. The van der Waals surface area contributed by atoms with Gasteiger partial charge in [0.15, 0.2) is 0 Å². The van der Waals surface area contributed by atoms with E-state index in [9.17, 15) is 4.79 Å². The second kappa shape index (κ2) is 4.10. The highest BCUT2D eigenvalue weighted by molar-refractivity contribution is 8.74. The van der Waals surface area contributed by atoms with Gasteiger partial charge in [-0.05, 0) is 0 Å². The number of hydrogen-bond donors (Lipinski definition) is 1. The highest BCUT2D eigenvalue weighted by Gasteiger charge is 2.15. The molecular formula is C5H9NO2S2. The molecule has 1 aliphatic rings. The molecule has 3 nitrogen and oxygen atoms in total. The number of ether oxygens (including phenoxy) is 1. The van der Waals surface area contributed by atoms with Gasteiger partial charge in [0.1, 0.15) is 0 Å². The van der Waals surface area contributed by atoms with Crippen LogP contribution in [0.25, 0.3) is 0 Å². The smallest absolute Gasteiger partial charge is 0.292 e. The summed E-state index contributed by atoms with van der Waals surface area (Å²) in [5.74, 6) is 0. The highest BCUT2D eigenvalue weighted by Crippen LogP contribution is 2.13. The molecule has 1 rings (SSSR count). The number of rotatable bonds is 0. The van der Waals surface area contributed by atoms with E-state index in [2.05, 4.69) is 11.7 Å². The van der Waals surface area contributed by atoms with Crippen molar-refractivity contribution < 1.29 is 9.53 Å². The molecule has 0 aliphatic carbocycles. The molecule has 0 aromatic carbocycles. The van der Waals surface area contributed by atoms with Crippen molar-refractivity contribution in [3.63, 3.8) is 0 Å². The van der Waals surface area contributed by atoms with Crippen LogP contribution in [-0.2, 0) is 4.74 Å². The summed E-state index contributed by atoms with van der Waals surface area (Å²) in [5.41, 5.74) is 0. The number of amides is 1. The molecule has 1 amide bonds. The topological polar surface area (TPSA) is 29.5 Å². The fourth-order valence-electron chi connectivity index (χ4n) is 0.804. The van der Waals surface area contributed by atoms with E-state index >= 15 is 0 Å². The molecule has 1 saturated heterocycles. The van der Waals surface area contributed by atoms with Gasteiger partial charge >= 0.3 is 0 Å². The average Bonchev–Trinajstić information content (AvgIpc) is 2.05. The molecule has 0 bridgehead atoms. The van der Waals surface area contributed by atoms with Crippen LogP contribution in [0.15, 0.2) is 0 Å². The van der Waals surface area contributed by atoms with Gasteiger partial charge in [-0.3, -0.25) is 4.79 Å². The van der Waals surface area contributed by atoms with E-state index < -0.39 is 0 Å². The lowest BCUT2D eigenvalue weighted by Gasteiger charge is -2.25. The van der Waals surface area contributed by atoms with Crippen LogP contribution >= 0.6 is 22.5 Å². The molecule has 0 atom stereocenters. The van der Waals surface area contributed by atoms with Crippen molar-refractivity contribution in [1.82, 2.24) is 4.90 Å². The third-order valence-corrected chi connectivity index (χ3v) is 2.23. The molecule has 1 fully saturated rings. The number of nitrogens with zero attached hydrogens (tertiary/aromatic N) is 1. The Kier molecular flexibility index (Phi) is 3.37. The quantitative estimate of drug-likeness (QED) is 0.444. The van der Waals surface area contributed by atoms with Gasteiger partial charge in [0, 0.05) is 23.9 Å². The zero-order valence-electron chi connectivity index (χ0n) is 5.45. The fourth-order valence-corrected chi connectivity index (χ4v) is 1.45. The molecule has 10 heavy (non-hydrogen) atoms. The van der Waals surface area contributed by atoms with E-state index in [-0.39, 0.29) is 5.24 Å². The summed E-state index contributed by atoms with van der Waals surface area (Å²) in [6.07, 6.45) is 0. The lowest BCUT2D eigenvalue weighted by Crippen LogP contribution is -2.38. The van der Waals surface area contributed by atoms with E-state index in [0.717, 1.165) is 10.8 Å². The van der Waals surface area contributed by atoms with Crippen LogP contribution in [0.2, 0.25) is 0 Å². The molecule has 0 aromatic rings. The van der Waals surface area contributed by atoms with Crippen LogP contribution in [0, 0.1) is 0 Å². The monoisotopic (exact) mass is 179 g/mol. The van der Waals surface area contributed by atoms with Crippen molar-refractivity contribution in [2.75, 3.05) is 26.3 Å². The number of thiol groups is 1. The number of hydrogen-bond acceptors (Lipinski definition) is 4. The van der Waals surface area contributed by atoms with Gasteiger partial charge < -0.3 is 9.64 Å². The Morgan fingerprint density at radius 3 is 2.60 bits per heavy atom. The van der Waals surface area contributed by atoms with E-state index in [1.54, 1.807) is 4.90 Å². The predicted octanol–water partition coefficient (Wildman–Crippen LogP) is 1.02. The van der Waals surface area contributed by atoms with Gasteiger partial charge in [-0.1, -0.05) is 0 Å². The number of carbonyl (C=O) groups is 1. The standard InChI is InChI=1S/C5H9NO2S2/c7-5(10-9)6-1-3-8-4-2-6/h9H,1-4H2. The summed E-state index contributed by atoms with van der Waals surface area (Å²) in [6.45, 7) is 2.71. The second-order valence-corrected chi connectivity index (χ2v) is 3.04. The van der Waals surface area contributed by atoms with Crippen LogP contribution in [0.1, 0.15) is 0 Å². The van der Waals surface area contributed by atoms with Crippen molar-refractivity contribution in [1.29, 1.82) is 0 Å². The maximum absolute atomic E-state index is 10.9. The highest BCUT2D eigenvalue weighted by atomic mass is 33.1. The molecule has 0 saturated carbocycles. The van der Waals surface area contributed by atoms with Crippen molar-refractivity contribution in [2.45, 2.75) is 0 Å². The molecule has 5 heteroatoms. The molecule has 0 aromatic heterocycles. The fraction of sp³-hybridized carbons (Fsp3) is 0.800. The van der Waals surface area contributed by atoms with E-state index in [0.29, 0.717) is 26.3 Å². The van der Waals surface area contributed by atoms with Crippen molar-refractivity contribution >= 4 is 27.7 Å². The molecule has 0 unspecified atom stereocenters. The summed E-state index contributed by atoms with van der Waals surface area (Å²) >= 11 is 3.81. The van der Waals surface area contributed by atoms with Crippen LogP contribution in [-0.4, -0.2) is 36.4 Å². The molecule has 0 spiro atoms.